The summed E-state index contributed by atoms with van der Waals surface area (Å²) in [6, 6.07) is 52.1. The minimum atomic E-state index is -0.363. The quantitative estimate of drug-likeness (QED) is 0.187. The number of hydrogen-bond acceptors (Lipinski definition) is 2. The molecule has 45 heavy (non-hydrogen) atoms. The number of thiophene rings is 1. The number of aromatic nitrogens is 2. The zero-order chi connectivity index (χ0) is 29.3. The molecule has 2 aliphatic rings. The van der Waals surface area contributed by atoms with Gasteiger partial charge in [0.2, 0.25) is 0 Å². The van der Waals surface area contributed by atoms with Gasteiger partial charge in [0.15, 0.2) is 0 Å². The van der Waals surface area contributed by atoms with Crippen LogP contribution in [0.3, 0.4) is 0 Å². The van der Waals surface area contributed by atoms with Gasteiger partial charge in [0, 0.05) is 38.1 Å². The van der Waals surface area contributed by atoms with Gasteiger partial charge < -0.3 is 4.57 Å². The molecule has 0 atom stereocenters. The van der Waals surface area contributed by atoms with Crippen LogP contribution in [0.5, 0.6) is 0 Å². The first-order chi connectivity index (χ1) is 22.3. The van der Waals surface area contributed by atoms with Gasteiger partial charge in [0.25, 0.3) is 0 Å². The minimum Gasteiger partial charge on any atom is -0.309 e. The number of nitrogens with zero attached hydrogens (tertiary/aromatic N) is 2. The topological polar surface area (TPSA) is 17.8 Å². The minimum absolute atomic E-state index is 0.363. The molecule has 0 radical (unpaired) electrons. The van der Waals surface area contributed by atoms with Crippen molar-refractivity contribution in [1.82, 2.24) is 9.55 Å². The van der Waals surface area contributed by atoms with Crippen molar-refractivity contribution in [3.05, 3.63) is 168 Å². The van der Waals surface area contributed by atoms with Crippen molar-refractivity contribution in [2.24, 2.45) is 0 Å². The Morgan fingerprint density at radius 2 is 1.09 bits per heavy atom. The Morgan fingerprint density at radius 1 is 0.467 bits per heavy atom. The molecule has 3 aromatic heterocycles. The summed E-state index contributed by atoms with van der Waals surface area (Å²) in [6.07, 6.45) is 1.89. The van der Waals surface area contributed by atoms with Crippen LogP contribution < -0.4 is 0 Å². The van der Waals surface area contributed by atoms with Crippen LogP contribution in [0.2, 0.25) is 0 Å². The zero-order valence-electron chi connectivity index (χ0n) is 24.2. The average molecular weight is 589 g/mol. The molecule has 0 amide bonds. The molecule has 0 aliphatic heterocycles. The highest BCUT2D eigenvalue weighted by Crippen LogP contribution is 2.63. The first-order valence-corrected chi connectivity index (χ1v) is 16.3. The molecule has 2 aliphatic carbocycles. The number of benzene rings is 6. The SMILES string of the molecule is c1ccc2c(c1)-c1ccccc1C21c2ccccc2-c2ccc(-n3c4ccccc4c4cc5c(cc43)sc3ncccc35)cc21. The van der Waals surface area contributed by atoms with E-state index in [-0.39, 0.29) is 5.41 Å². The lowest BCUT2D eigenvalue weighted by molar-refractivity contribution is 0.792. The fourth-order valence-corrected chi connectivity index (χ4v) is 9.63. The number of rotatable bonds is 1. The van der Waals surface area contributed by atoms with Gasteiger partial charge >= 0.3 is 0 Å². The van der Waals surface area contributed by atoms with E-state index in [2.05, 4.69) is 143 Å². The highest BCUT2D eigenvalue weighted by molar-refractivity contribution is 7.25. The summed E-state index contributed by atoms with van der Waals surface area (Å²) in [4.78, 5) is 5.77. The van der Waals surface area contributed by atoms with E-state index in [1.54, 1.807) is 11.3 Å². The molecule has 0 saturated carbocycles. The van der Waals surface area contributed by atoms with Crippen LogP contribution in [0.4, 0.5) is 0 Å². The molecule has 3 heteroatoms. The standard InChI is InChI=1S/C42H24N2S/c1-5-15-34-26(10-1)27-11-2-6-16-35(27)42(34)36-17-7-3-12-28(36)29-20-19-25(22-37(29)42)44-38-18-8-4-13-30(38)32-23-33-31-14-9-21-43-41(31)45-40(33)24-39(32)44/h1-24H. The maximum atomic E-state index is 4.68. The molecule has 1 spiro atoms. The lowest BCUT2D eigenvalue weighted by atomic mass is 9.70. The Kier molecular flexibility index (Phi) is 4.43. The van der Waals surface area contributed by atoms with E-state index in [1.807, 2.05) is 12.3 Å². The second kappa shape index (κ2) is 8.35. The first-order valence-electron chi connectivity index (χ1n) is 15.5. The summed E-state index contributed by atoms with van der Waals surface area (Å²) < 4.78 is 3.75. The van der Waals surface area contributed by atoms with Gasteiger partial charge in [-0.05, 0) is 87.0 Å². The van der Waals surface area contributed by atoms with E-state index in [1.165, 1.54) is 87.5 Å². The van der Waals surface area contributed by atoms with E-state index < -0.39 is 0 Å². The molecule has 0 fully saturated rings. The summed E-state index contributed by atoms with van der Waals surface area (Å²) in [5.41, 5.74) is 14.1. The third kappa shape index (κ3) is 2.83. The maximum absolute atomic E-state index is 4.68. The van der Waals surface area contributed by atoms with Crippen molar-refractivity contribution in [1.29, 1.82) is 0 Å². The van der Waals surface area contributed by atoms with Crippen LogP contribution in [0.15, 0.2) is 146 Å². The van der Waals surface area contributed by atoms with Gasteiger partial charge in [0.05, 0.1) is 16.4 Å². The maximum Gasteiger partial charge on any atom is 0.124 e. The van der Waals surface area contributed by atoms with Crippen molar-refractivity contribution in [2.45, 2.75) is 5.41 Å². The fraction of sp³-hybridized carbons (Fsp3) is 0.0238. The predicted octanol–water partition coefficient (Wildman–Crippen LogP) is 10.9. The molecular weight excluding hydrogens is 565 g/mol. The predicted molar refractivity (Wildman–Crippen MR) is 188 cm³/mol. The van der Waals surface area contributed by atoms with E-state index >= 15 is 0 Å². The lowest BCUT2D eigenvalue weighted by Gasteiger charge is -2.30. The van der Waals surface area contributed by atoms with Gasteiger partial charge in [-0.2, -0.15) is 0 Å². The summed E-state index contributed by atoms with van der Waals surface area (Å²) in [6.45, 7) is 0. The smallest absolute Gasteiger partial charge is 0.124 e. The van der Waals surface area contributed by atoms with E-state index in [0.717, 1.165) is 4.83 Å². The largest absolute Gasteiger partial charge is 0.309 e. The molecule has 208 valence electrons. The van der Waals surface area contributed by atoms with Crippen LogP contribution in [0, 0.1) is 0 Å². The van der Waals surface area contributed by atoms with Gasteiger partial charge in [-0.25, -0.2) is 4.98 Å². The van der Waals surface area contributed by atoms with Gasteiger partial charge in [-0.15, -0.1) is 11.3 Å². The lowest BCUT2D eigenvalue weighted by Crippen LogP contribution is -2.26. The molecule has 0 N–H and O–H groups in total. The monoisotopic (exact) mass is 588 g/mol. The Labute approximate surface area is 263 Å². The number of pyridine rings is 1. The molecule has 11 rings (SSSR count). The van der Waals surface area contributed by atoms with Crippen molar-refractivity contribution in [3.8, 4) is 27.9 Å². The highest BCUT2D eigenvalue weighted by atomic mass is 32.1. The van der Waals surface area contributed by atoms with Crippen molar-refractivity contribution >= 4 is 53.4 Å². The molecule has 0 bridgehead atoms. The number of para-hydroxylation sites is 1. The van der Waals surface area contributed by atoms with Crippen molar-refractivity contribution in [3.63, 3.8) is 0 Å². The molecule has 9 aromatic rings. The Hall–Kier alpha value is -5.51. The second-order valence-corrected chi connectivity index (χ2v) is 13.3. The van der Waals surface area contributed by atoms with E-state index in [4.69, 9.17) is 0 Å². The number of fused-ring (bicyclic) bond motifs is 16. The molecule has 2 nitrogen and oxygen atoms in total. The number of hydrogen-bond donors (Lipinski definition) is 0. The van der Waals surface area contributed by atoms with Crippen LogP contribution in [0.25, 0.3) is 70.0 Å². The Morgan fingerprint density at radius 3 is 1.82 bits per heavy atom. The molecule has 3 heterocycles. The Balaban J connectivity index is 1.26. The van der Waals surface area contributed by atoms with Crippen LogP contribution in [-0.4, -0.2) is 9.55 Å². The van der Waals surface area contributed by atoms with Gasteiger partial charge in [-0.3, -0.25) is 0 Å². The summed E-state index contributed by atoms with van der Waals surface area (Å²) in [7, 11) is 0. The van der Waals surface area contributed by atoms with Crippen LogP contribution in [0.1, 0.15) is 22.3 Å². The van der Waals surface area contributed by atoms with E-state index in [0.29, 0.717) is 0 Å². The normalized spacial score (nSPS) is 14.0. The van der Waals surface area contributed by atoms with Crippen LogP contribution >= 0.6 is 11.3 Å². The third-order valence-corrected chi connectivity index (χ3v) is 11.4. The summed E-state index contributed by atoms with van der Waals surface area (Å²) in [5, 5.41) is 5.05. The highest BCUT2D eigenvalue weighted by Gasteiger charge is 2.51. The fourth-order valence-electron chi connectivity index (χ4n) is 8.57. The Bertz CT molecular complexity index is 2660. The average Bonchev–Trinajstić information content (AvgIpc) is 3.80. The summed E-state index contributed by atoms with van der Waals surface area (Å²) in [5.74, 6) is 0. The van der Waals surface area contributed by atoms with E-state index in [9.17, 15) is 0 Å². The zero-order valence-corrected chi connectivity index (χ0v) is 25.0. The molecule has 0 unspecified atom stereocenters. The van der Waals surface area contributed by atoms with Crippen molar-refractivity contribution < 1.29 is 0 Å². The molecule has 0 saturated heterocycles. The summed E-state index contributed by atoms with van der Waals surface area (Å²) >= 11 is 1.78. The second-order valence-electron chi connectivity index (χ2n) is 12.3. The van der Waals surface area contributed by atoms with Gasteiger partial charge in [-0.1, -0.05) is 97.1 Å². The van der Waals surface area contributed by atoms with Crippen LogP contribution in [-0.2, 0) is 5.41 Å². The van der Waals surface area contributed by atoms with Crippen molar-refractivity contribution in [2.75, 3.05) is 0 Å². The third-order valence-electron chi connectivity index (χ3n) is 10.3. The first kappa shape index (κ1) is 23.9. The molecular formula is C42H24N2S. The molecule has 6 aromatic carbocycles. The van der Waals surface area contributed by atoms with Gasteiger partial charge in [0.1, 0.15) is 4.83 Å².